The minimum Gasteiger partial charge on any atom is -0.569 e. The molecule has 0 fully saturated rings. The highest BCUT2D eigenvalue weighted by Gasteiger charge is 2.03. The van der Waals surface area contributed by atoms with Crippen molar-refractivity contribution in [3.63, 3.8) is 0 Å². The summed E-state index contributed by atoms with van der Waals surface area (Å²) in [6.45, 7) is 2.76. The van der Waals surface area contributed by atoms with Gasteiger partial charge in [0.25, 0.3) is 0 Å². The van der Waals surface area contributed by atoms with Gasteiger partial charge in [0.2, 0.25) is 5.28 Å². The Morgan fingerprint density at radius 1 is 1.42 bits per heavy atom. The topological polar surface area (TPSA) is 61.9 Å². The Balaban J connectivity index is 3.37. The van der Waals surface area contributed by atoms with Gasteiger partial charge in [-0.05, 0) is 6.42 Å². The maximum absolute atomic E-state index is 10.6. The SMILES string of the molecule is CCCCCCN(C)[N+]([O-])=NO. The molecule has 5 nitrogen and oxygen atoms in total. The molecule has 0 aromatic rings. The lowest BCUT2D eigenvalue weighted by molar-refractivity contribution is -0.704. The molecule has 0 saturated carbocycles. The van der Waals surface area contributed by atoms with Crippen LogP contribution in [0.4, 0.5) is 0 Å². The number of hydrogen-bond acceptors (Lipinski definition) is 2. The van der Waals surface area contributed by atoms with Crippen molar-refractivity contribution in [2.24, 2.45) is 5.28 Å². The second kappa shape index (κ2) is 6.69. The summed E-state index contributed by atoms with van der Waals surface area (Å²) >= 11 is 0. The monoisotopic (exact) mass is 175 g/mol. The van der Waals surface area contributed by atoms with Crippen LogP contribution in [0.2, 0.25) is 0 Å². The number of hydrogen-bond donors (Lipinski definition) is 1. The van der Waals surface area contributed by atoms with Crippen LogP contribution in [0.3, 0.4) is 0 Å². The second-order valence-electron chi connectivity index (χ2n) is 2.78. The standard InChI is InChI=1S/C7H17N3O2/c1-3-4-5-6-7-9(2)10(12)8-11/h11H,3-7H2,1-2H3. The van der Waals surface area contributed by atoms with Crippen molar-refractivity contribution in [1.82, 2.24) is 5.01 Å². The van der Waals surface area contributed by atoms with Crippen LogP contribution in [0.25, 0.3) is 0 Å². The van der Waals surface area contributed by atoms with Gasteiger partial charge in [-0.3, -0.25) is 0 Å². The molecule has 0 atom stereocenters. The van der Waals surface area contributed by atoms with Crippen molar-refractivity contribution in [3.05, 3.63) is 5.21 Å². The first kappa shape index (κ1) is 11.0. The Bertz CT molecular complexity index is 139. The normalized spacial score (nSPS) is 11.7. The number of hydrazine groups is 1. The molecule has 0 amide bonds. The quantitative estimate of drug-likeness (QED) is 0.289. The van der Waals surface area contributed by atoms with E-state index in [9.17, 15) is 5.21 Å². The maximum Gasteiger partial charge on any atom is 0.230 e. The van der Waals surface area contributed by atoms with Crippen LogP contribution >= 0.6 is 0 Å². The van der Waals surface area contributed by atoms with Gasteiger partial charge < -0.3 is 10.4 Å². The van der Waals surface area contributed by atoms with Crippen molar-refractivity contribution in [2.75, 3.05) is 13.6 Å². The van der Waals surface area contributed by atoms with Gasteiger partial charge in [-0.15, -0.1) is 5.01 Å². The van der Waals surface area contributed by atoms with E-state index < -0.39 is 0 Å². The Kier molecular flexibility index (Phi) is 6.14. The average Bonchev–Trinajstić information content (AvgIpc) is 2.10. The largest absolute Gasteiger partial charge is 0.569 e. The first-order valence-electron chi connectivity index (χ1n) is 4.25. The predicted octanol–water partition coefficient (Wildman–Crippen LogP) is 1.77. The van der Waals surface area contributed by atoms with Gasteiger partial charge in [-0.25, -0.2) is 0 Å². The molecule has 72 valence electrons. The zero-order valence-corrected chi connectivity index (χ0v) is 7.73. The smallest absolute Gasteiger partial charge is 0.230 e. The van der Waals surface area contributed by atoms with E-state index in [2.05, 4.69) is 12.2 Å². The number of rotatable bonds is 6. The summed E-state index contributed by atoms with van der Waals surface area (Å²) < 4.78 is 0. The molecule has 0 unspecified atom stereocenters. The molecular formula is C7H17N3O2. The highest BCUT2D eigenvalue weighted by molar-refractivity contribution is 4.41. The third-order valence-corrected chi connectivity index (χ3v) is 1.70. The molecule has 0 aliphatic carbocycles. The summed E-state index contributed by atoms with van der Waals surface area (Å²) in [5, 5.41) is 22.5. The van der Waals surface area contributed by atoms with Gasteiger partial charge in [0, 0.05) is 0 Å². The van der Waals surface area contributed by atoms with Gasteiger partial charge >= 0.3 is 0 Å². The molecule has 0 aromatic carbocycles. The Morgan fingerprint density at radius 2 is 2.08 bits per heavy atom. The van der Waals surface area contributed by atoms with E-state index in [4.69, 9.17) is 5.21 Å². The van der Waals surface area contributed by atoms with Gasteiger partial charge in [-0.2, -0.15) is 0 Å². The van der Waals surface area contributed by atoms with Crippen LogP contribution in [-0.4, -0.2) is 28.8 Å². The highest BCUT2D eigenvalue weighted by atomic mass is 16.6. The Hall–Kier alpha value is -1.00. The molecular weight excluding hydrogens is 158 g/mol. The zero-order valence-electron chi connectivity index (χ0n) is 7.73. The molecule has 0 aliphatic rings. The van der Waals surface area contributed by atoms with E-state index >= 15 is 0 Å². The highest BCUT2D eigenvalue weighted by Crippen LogP contribution is 1.99. The summed E-state index contributed by atoms with van der Waals surface area (Å²) in [5.41, 5.74) is 0. The van der Waals surface area contributed by atoms with Gasteiger partial charge in [0.05, 0.1) is 18.6 Å². The molecule has 5 heteroatoms. The molecule has 12 heavy (non-hydrogen) atoms. The van der Waals surface area contributed by atoms with Crippen molar-refractivity contribution < 1.29 is 10.2 Å². The molecule has 0 saturated heterocycles. The number of unbranched alkanes of at least 4 members (excludes halogenated alkanes) is 3. The first-order chi connectivity index (χ1) is 5.72. The molecule has 1 N–H and O–H groups in total. The van der Waals surface area contributed by atoms with Crippen molar-refractivity contribution in [3.8, 4) is 0 Å². The van der Waals surface area contributed by atoms with E-state index in [1.807, 2.05) is 0 Å². The third-order valence-electron chi connectivity index (χ3n) is 1.70. The van der Waals surface area contributed by atoms with E-state index in [0.717, 1.165) is 12.8 Å². The second-order valence-corrected chi connectivity index (χ2v) is 2.78. The van der Waals surface area contributed by atoms with Gasteiger partial charge in [0.15, 0.2) is 0 Å². The van der Waals surface area contributed by atoms with E-state index in [1.165, 1.54) is 17.9 Å². The molecule has 0 aliphatic heterocycles. The fraction of sp³-hybridized carbons (Fsp3) is 1.00. The Morgan fingerprint density at radius 3 is 2.58 bits per heavy atom. The van der Waals surface area contributed by atoms with Crippen LogP contribution in [0, 0.1) is 5.21 Å². The van der Waals surface area contributed by atoms with Crippen LogP contribution < -0.4 is 0 Å². The third kappa shape index (κ3) is 4.76. The van der Waals surface area contributed by atoms with Crippen molar-refractivity contribution >= 4 is 0 Å². The first-order valence-corrected chi connectivity index (χ1v) is 4.25. The van der Waals surface area contributed by atoms with Crippen molar-refractivity contribution in [1.29, 1.82) is 0 Å². The van der Waals surface area contributed by atoms with Crippen LogP contribution in [0.15, 0.2) is 5.28 Å². The summed E-state index contributed by atoms with van der Waals surface area (Å²) in [7, 11) is 1.60. The minimum absolute atomic E-state index is 0.186. The molecule has 0 radical (unpaired) electrons. The fourth-order valence-electron chi connectivity index (χ4n) is 0.921. The molecule has 0 aromatic heterocycles. The van der Waals surface area contributed by atoms with Crippen LogP contribution in [0.1, 0.15) is 32.6 Å². The Labute approximate surface area is 72.8 Å². The van der Waals surface area contributed by atoms with E-state index in [-0.39, 0.29) is 4.97 Å². The summed E-state index contributed by atoms with van der Waals surface area (Å²) in [6, 6.07) is 0. The van der Waals surface area contributed by atoms with Gasteiger partial charge in [-0.1, -0.05) is 26.2 Å². The molecule has 0 heterocycles. The molecule has 0 bridgehead atoms. The summed E-state index contributed by atoms with van der Waals surface area (Å²) in [5.74, 6) is 0. The van der Waals surface area contributed by atoms with E-state index in [1.54, 1.807) is 7.05 Å². The fourth-order valence-corrected chi connectivity index (χ4v) is 0.921. The zero-order chi connectivity index (χ0) is 9.40. The summed E-state index contributed by atoms with van der Waals surface area (Å²) in [4.78, 5) is 0.186. The maximum atomic E-state index is 10.6. The van der Waals surface area contributed by atoms with E-state index in [0.29, 0.717) is 6.54 Å². The lowest BCUT2D eigenvalue weighted by atomic mass is 10.2. The molecule has 0 rings (SSSR count). The van der Waals surface area contributed by atoms with Crippen LogP contribution in [-0.2, 0) is 0 Å². The minimum atomic E-state index is 0.186. The lowest BCUT2D eigenvalue weighted by Gasteiger charge is -2.11. The van der Waals surface area contributed by atoms with Crippen LogP contribution in [0.5, 0.6) is 0 Å². The summed E-state index contributed by atoms with van der Waals surface area (Å²) in [6.07, 6.45) is 4.43. The molecule has 0 spiro atoms. The van der Waals surface area contributed by atoms with Crippen molar-refractivity contribution in [2.45, 2.75) is 32.6 Å². The predicted molar refractivity (Wildman–Crippen MR) is 44.6 cm³/mol. The number of nitrogens with zero attached hydrogens (tertiary/aromatic N) is 3. The lowest BCUT2D eigenvalue weighted by Crippen LogP contribution is -2.27. The van der Waals surface area contributed by atoms with Gasteiger partial charge in [0.1, 0.15) is 0 Å². The average molecular weight is 175 g/mol.